The number of methoxy groups -OCH3 is 1. The predicted molar refractivity (Wildman–Crippen MR) is 145 cm³/mol. The monoisotopic (exact) mass is 523 g/mol. The van der Waals surface area contributed by atoms with Crippen LogP contribution in [0.5, 0.6) is 11.6 Å². The van der Waals surface area contributed by atoms with Crippen molar-refractivity contribution in [3.05, 3.63) is 94.8 Å². The third-order valence-corrected chi connectivity index (χ3v) is 7.14. The Morgan fingerprint density at radius 3 is 2.64 bits per heavy atom. The number of Topliss-reactive ketones (excluding diaryl/α,β-unsaturated/α-hetero) is 1. The number of carbonyl (C=O) groups is 1. The van der Waals surface area contributed by atoms with Crippen LogP contribution in [0.15, 0.2) is 77.4 Å². The van der Waals surface area contributed by atoms with Crippen molar-refractivity contribution in [2.75, 3.05) is 7.11 Å². The number of benzene rings is 2. The fraction of sp³-hybridized carbons (Fsp3) is 0.300. The molecule has 0 N–H and O–H groups in total. The Morgan fingerprint density at radius 1 is 1.13 bits per heavy atom. The highest BCUT2D eigenvalue weighted by Gasteiger charge is 2.43. The smallest absolute Gasteiger partial charge is 0.228 e. The van der Waals surface area contributed by atoms with E-state index >= 15 is 0 Å². The van der Waals surface area contributed by atoms with Crippen LogP contribution < -0.4 is 9.47 Å². The number of ether oxygens (including phenoxy) is 2. The summed E-state index contributed by atoms with van der Waals surface area (Å²) in [5, 5.41) is 8.80. The first-order valence-electron chi connectivity index (χ1n) is 12.9. The molecule has 198 valence electrons. The standard InChI is InChI=1S/C30H29N5O4/c1-18(19-10-12-21(37-4)13-11-19)34-38-16-24-32-28-27-25(20-8-6-5-7-9-20)26-22(36)14-30(2,3)15-23(26)39-29(27)31-17-35(28)33-24/h5-13,17,25H,14-16H2,1-4H3/b34-18-. The molecule has 0 bridgehead atoms. The Labute approximate surface area is 226 Å². The number of fused-ring (bicyclic) bond motifs is 3. The molecule has 0 spiro atoms. The summed E-state index contributed by atoms with van der Waals surface area (Å²) in [6.45, 7) is 6.12. The van der Waals surface area contributed by atoms with Crippen molar-refractivity contribution < 1.29 is 19.1 Å². The molecule has 1 unspecified atom stereocenters. The highest BCUT2D eigenvalue weighted by Crippen LogP contribution is 2.50. The number of oxime groups is 1. The number of rotatable bonds is 6. The lowest BCUT2D eigenvalue weighted by molar-refractivity contribution is -0.118. The molecule has 0 saturated carbocycles. The number of aromatic nitrogens is 4. The van der Waals surface area contributed by atoms with Gasteiger partial charge in [-0.25, -0.2) is 14.5 Å². The van der Waals surface area contributed by atoms with Crippen molar-refractivity contribution in [3.63, 3.8) is 0 Å². The molecule has 0 radical (unpaired) electrons. The number of hydrogen-bond acceptors (Lipinski definition) is 8. The zero-order chi connectivity index (χ0) is 27.1. The van der Waals surface area contributed by atoms with E-state index < -0.39 is 0 Å². The van der Waals surface area contributed by atoms with Crippen LogP contribution in [0, 0.1) is 5.41 Å². The molecular weight excluding hydrogens is 494 g/mol. The van der Waals surface area contributed by atoms with Gasteiger partial charge in [0.15, 0.2) is 23.9 Å². The van der Waals surface area contributed by atoms with Crippen LogP contribution in [0.3, 0.4) is 0 Å². The first-order valence-corrected chi connectivity index (χ1v) is 12.9. The summed E-state index contributed by atoms with van der Waals surface area (Å²) in [5.74, 6) is 2.11. The molecular formula is C30H29N5O4. The first kappa shape index (κ1) is 24.8. The molecule has 0 saturated heterocycles. The molecule has 9 heteroatoms. The third-order valence-electron chi connectivity index (χ3n) is 7.14. The second kappa shape index (κ2) is 9.65. The maximum Gasteiger partial charge on any atom is 0.228 e. The van der Waals surface area contributed by atoms with Gasteiger partial charge in [0.05, 0.1) is 18.4 Å². The van der Waals surface area contributed by atoms with E-state index in [4.69, 9.17) is 19.3 Å². The van der Waals surface area contributed by atoms with E-state index in [1.165, 1.54) is 0 Å². The molecule has 1 aliphatic heterocycles. The van der Waals surface area contributed by atoms with E-state index in [1.54, 1.807) is 18.0 Å². The van der Waals surface area contributed by atoms with E-state index in [2.05, 4.69) is 29.1 Å². The maximum absolute atomic E-state index is 13.5. The van der Waals surface area contributed by atoms with Gasteiger partial charge in [-0.3, -0.25) is 4.79 Å². The molecule has 2 aliphatic rings. The van der Waals surface area contributed by atoms with Crippen LogP contribution in [0.25, 0.3) is 5.65 Å². The first-order chi connectivity index (χ1) is 18.8. The zero-order valence-corrected chi connectivity index (χ0v) is 22.3. The van der Waals surface area contributed by atoms with Crippen molar-refractivity contribution >= 4 is 17.1 Å². The van der Waals surface area contributed by atoms with Crippen LogP contribution in [0.1, 0.15) is 62.0 Å². The molecule has 9 nitrogen and oxygen atoms in total. The van der Waals surface area contributed by atoms with Gasteiger partial charge >= 0.3 is 0 Å². The van der Waals surface area contributed by atoms with E-state index in [0.29, 0.717) is 41.5 Å². The van der Waals surface area contributed by atoms with Gasteiger partial charge in [-0.15, -0.1) is 5.10 Å². The summed E-state index contributed by atoms with van der Waals surface area (Å²) in [6, 6.07) is 17.5. The van der Waals surface area contributed by atoms with Gasteiger partial charge in [0.2, 0.25) is 5.88 Å². The topological polar surface area (TPSA) is 100 Å². The van der Waals surface area contributed by atoms with Crippen molar-refractivity contribution in [1.82, 2.24) is 19.6 Å². The van der Waals surface area contributed by atoms with Crippen LogP contribution in [0.2, 0.25) is 0 Å². The average molecular weight is 524 g/mol. The summed E-state index contributed by atoms with van der Waals surface area (Å²) in [6.07, 6.45) is 2.71. The molecule has 6 rings (SSSR count). The largest absolute Gasteiger partial charge is 0.497 e. The quantitative estimate of drug-likeness (QED) is 0.252. The number of ketones is 1. The van der Waals surface area contributed by atoms with Crippen LogP contribution in [0.4, 0.5) is 0 Å². The number of nitrogens with zero attached hydrogens (tertiary/aromatic N) is 5. The van der Waals surface area contributed by atoms with Crippen molar-refractivity contribution in [3.8, 4) is 11.6 Å². The maximum atomic E-state index is 13.5. The number of hydrogen-bond donors (Lipinski definition) is 0. The van der Waals surface area contributed by atoms with Crippen molar-refractivity contribution in [2.24, 2.45) is 10.6 Å². The SMILES string of the molecule is COc1ccc(/C(C)=N\OCc2nc3c4c(ncn3n2)OC2=C(C(=O)CC(C)(C)C2)C4c2ccccc2)cc1. The van der Waals surface area contributed by atoms with Gasteiger partial charge in [0.1, 0.15) is 17.8 Å². The Kier molecular flexibility index (Phi) is 6.13. The average Bonchev–Trinajstić information content (AvgIpc) is 3.35. The summed E-state index contributed by atoms with van der Waals surface area (Å²) in [4.78, 5) is 28.5. The van der Waals surface area contributed by atoms with Gasteiger partial charge in [-0.2, -0.15) is 0 Å². The summed E-state index contributed by atoms with van der Waals surface area (Å²) >= 11 is 0. The predicted octanol–water partition coefficient (Wildman–Crippen LogP) is 5.24. The van der Waals surface area contributed by atoms with E-state index in [9.17, 15) is 4.79 Å². The van der Waals surface area contributed by atoms with Crippen LogP contribution in [-0.2, 0) is 16.2 Å². The molecule has 1 aliphatic carbocycles. The minimum atomic E-state index is -0.349. The number of carbonyl (C=O) groups excluding carboxylic acids is 1. The molecule has 2 aromatic carbocycles. The van der Waals surface area contributed by atoms with E-state index in [1.807, 2.05) is 61.5 Å². The molecule has 2 aromatic heterocycles. The Morgan fingerprint density at radius 2 is 1.90 bits per heavy atom. The van der Waals surface area contributed by atoms with Gasteiger partial charge in [0.25, 0.3) is 0 Å². The fourth-order valence-electron chi connectivity index (χ4n) is 5.30. The van der Waals surface area contributed by atoms with Crippen LogP contribution in [-0.4, -0.2) is 38.2 Å². The minimum Gasteiger partial charge on any atom is -0.497 e. The fourth-order valence-corrected chi connectivity index (χ4v) is 5.30. The van der Waals surface area contributed by atoms with Crippen molar-refractivity contribution in [2.45, 2.75) is 46.1 Å². The lowest BCUT2D eigenvalue weighted by Crippen LogP contribution is -2.33. The summed E-state index contributed by atoms with van der Waals surface area (Å²) < 4.78 is 13.1. The number of allylic oxidation sites excluding steroid dienone is 2. The lowest BCUT2D eigenvalue weighted by Gasteiger charge is -2.37. The minimum absolute atomic E-state index is 0.0713. The second-order valence-corrected chi connectivity index (χ2v) is 10.7. The van der Waals surface area contributed by atoms with Gasteiger partial charge < -0.3 is 14.3 Å². The second-order valence-electron chi connectivity index (χ2n) is 10.7. The molecule has 4 aromatic rings. The highest BCUT2D eigenvalue weighted by atomic mass is 16.6. The Hall–Kier alpha value is -4.53. The van der Waals surface area contributed by atoms with Gasteiger partial charge in [0, 0.05) is 24.3 Å². The molecule has 3 heterocycles. The molecule has 1 atom stereocenters. The van der Waals surface area contributed by atoms with Gasteiger partial charge in [-0.05, 0) is 47.7 Å². The molecule has 0 amide bonds. The Bertz CT molecular complexity index is 1620. The summed E-state index contributed by atoms with van der Waals surface area (Å²) in [5.41, 5.74) is 4.43. The Balaban J connectivity index is 1.35. The lowest BCUT2D eigenvalue weighted by atomic mass is 9.70. The van der Waals surface area contributed by atoms with Gasteiger partial charge in [-0.1, -0.05) is 49.3 Å². The molecule has 0 fully saturated rings. The van der Waals surface area contributed by atoms with E-state index in [-0.39, 0.29) is 23.7 Å². The normalized spacial score (nSPS) is 18.4. The highest BCUT2D eigenvalue weighted by molar-refractivity contribution is 6.00. The van der Waals surface area contributed by atoms with E-state index in [0.717, 1.165) is 28.2 Å². The molecule has 39 heavy (non-hydrogen) atoms. The third kappa shape index (κ3) is 4.65. The van der Waals surface area contributed by atoms with Crippen LogP contribution >= 0.6 is 0 Å². The zero-order valence-electron chi connectivity index (χ0n) is 22.3. The summed E-state index contributed by atoms with van der Waals surface area (Å²) in [7, 11) is 1.63. The van der Waals surface area contributed by atoms with Crippen molar-refractivity contribution in [1.29, 1.82) is 0 Å².